The van der Waals surface area contributed by atoms with Gasteiger partial charge in [-0.2, -0.15) is 0 Å². The highest BCUT2D eigenvalue weighted by molar-refractivity contribution is 5.98. The SMILES string of the molecule is CC1=C(CO)C(=O)O[C@@H]([C@H](C)[C@H]2CC[C@H]3[C@@H]4C[C@H]5O[C@]56[C@@H](O)C=CC(=O)[C@]6(C)[C@H]4CC[C@]23C)C1. The van der Waals surface area contributed by atoms with Gasteiger partial charge in [0.1, 0.15) is 17.8 Å². The van der Waals surface area contributed by atoms with Gasteiger partial charge in [-0.3, -0.25) is 4.79 Å². The van der Waals surface area contributed by atoms with Crippen LogP contribution in [-0.4, -0.2) is 52.5 Å². The molecule has 6 aliphatic rings. The topological polar surface area (TPSA) is 96.4 Å². The molecular weight excluding hydrogens is 432 g/mol. The summed E-state index contributed by atoms with van der Waals surface area (Å²) in [7, 11) is 0. The lowest BCUT2D eigenvalue weighted by Gasteiger charge is -2.58. The fourth-order valence-corrected chi connectivity index (χ4v) is 9.69. The number of esters is 1. The molecule has 0 aromatic rings. The summed E-state index contributed by atoms with van der Waals surface area (Å²) >= 11 is 0. The molecule has 0 aromatic heterocycles. The van der Waals surface area contributed by atoms with Crippen molar-refractivity contribution < 1.29 is 29.3 Å². The lowest BCUT2D eigenvalue weighted by Crippen LogP contribution is -2.63. The molecule has 0 aromatic carbocycles. The first-order chi connectivity index (χ1) is 16.1. The number of allylic oxidation sites excluding steroid dienone is 1. The van der Waals surface area contributed by atoms with Gasteiger partial charge in [0.05, 0.1) is 23.7 Å². The summed E-state index contributed by atoms with van der Waals surface area (Å²) in [5.74, 6) is 1.61. The van der Waals surface area contributed by atoms with Crippen molar-refractivity contribution in [2.75, 3.05) is 6.61 Å². The molecular formula is C28H38O6. The Labute approximate surface area is 201 Å². The first kappa shape index (κ1) is 22.9. The van der Waals surface area contributed by atoms with Gasteiger partial charge in [0.15, 0.2) is 5.78 Å². The van der Waals surface area contributed by atoms with Crippen LogP contribution in [0.25, 0.3) is 0 Å². The highest BCUT2D eigenvalue weighted by atomic mass is 16.6. The number of ether oxygens (including phenoxy) is 2. The Bertz CT molecular complexity index is 999. The third-order valence-electron chi connectivity index (χ3n) is 11.6. The largest absolute Gasteiger partial charge is 0.458 e. The quantitative estimate of drug-likeness (QED) is 0.485. The molecule has 0 amide bonds. The van der Waals surface area contributed by atoms with E-state index < -0.39 is 17.1 Å². The Morgan fingerprint density at radius 1 is 1.18 bits per heavy atom. The molecule has 6 heteroatoms. The maximum Gasteiger partial charge on any atom is 0.336 e. The van der Waals surface area contributed by atoms with Gasteiger partial charge in [-0.15, -0.1) is 0 Å². The number of hydrogen-bond donors (Lipinski definition) is 2. The van der Waals surface area contributed by atoms with E-state index in [1.54, 1.807) is 12.2 Å². The van der Waals surface area contributed by atoms with Crippen molar-refractivity contribution in [2.24, 2.45) is 40.4 Å². The van der Waals surface area contributed by atoms with E-state index in [1.165, 1.54) is 0 Å². The van der Waals surface area contributed by atoms with E-state index in [2.05, 4.69) is 20.8 Å². The maximum atomic E-state index is 13.3. The van der Waals surface area contributed by atoms with Crippen molar-refractivity contribution in [3.05, 3.63) is 23.3 Å². The van der Waals surface area contributed by atoms with Gasteiger partial charge in [-0.05, 0) is 93.1 Å². The second-order valence-corrected chi connectivity index (χ2v) is 12.5. The van der Waals surface area contributed by atoms with Gasteiger partial charge in [0.2, 0.25) is 0 Å². The monoisotopic (exact) mass is 470 g/mol. The first-order valence-electron chi connectivity index (χ1n) is 13.2. The van der Waals surface area contributed by atoms with E-state index >= 15 is 0 Å². The van der Waals surface area contributed by atoms with Crippen LogP contribution in [0.1, 0.15) is 66.2 Å². The highest BCUT2D eigenvalue weighted by Crippen LogP contribution is 2.73. The number of aliphatic hydroxyl groups is 2. The molecule has 0 bridgehead atoms. The molecule has 1 saturated heterocycles. The summed E-state index contributed by atoms with van der Waals surface area (Å²) in [5, 5.41) is 20.4. The molecule has 4 aliphatic carbocycles. The van der Waals surface area contributed by atoms with E-state index in [1.807, 2.05) is 6.92 Å². The Morgan fingerprint density at radius 2 is 1.94 bits per heavy atom. The zero-order chi connectivity index (χ0) is 24.2. The Kier molecular flexibility index (Phi) is 4.90. The lowest BCUT2D eigenvalue weighted by atomic mass is 9.44. The van der Waals surface area contributed by atoms with E-state index in [9.17, 15) is 19.8 Å². The van der Waals surface area contributed by atoms with Crippen LogP contribution in [0, 0.1) is 40.4 Å². The van der Waals surface area contributed by atoms with E-state index in [-0.39, 0.29) is 47.8 Å². The van der Waals surface area contributed by atoms with Gasteiger partial charge < -0.3 is 19.7 Å². The molecule has 1 spiro atoms. The smallest absolute Gasteiger partial charge is 0.336 e. The van der Waals surface area contributed by atoms with Crippen LogP contribution in [0.2, 0.25) is 0 Å². The molecule has 0 radical (unpaired) electrons. The van der Waals surface area contributed by atoms with E-state index in [4.69, 9.17) is 9.47 Å². The molecule has 2 N–H and O–H groups in total. The van der Waals surface area contributed by atoms with Gasteiger partial charge >= 0.3 is 5.97 Å². The lowest BCUT2D eigenvalue weighted by molar-refractivity contribution is -0.155. The van der Waals surface area contributed by atoms with Crippen molar-refractivity contribution in [2.45, 2.75) is 90.1 Å². The van der Waals surface area contributed by atoms with Crippen molar-refractivity contribution >= 4 is 11.8 Å². The molecule has 2 aliphatic heterocycles. The summed E-state index contributed by atoms with van der Waals surface area (Å²) in [4.78, 5) is 25.8. The number of carbonyl (C=O) groups is 2. The van der Waals surface area contributed by atoms with Crippen molar-refractivity contribution in [1.29, 1.82) is 0 Å². The summed E-state index contributed by atoms with van der Waals surface area (Å²) < 4.78 is 12.1. The van der Waals surface area contributed by atoms with Crippen LogP contribution in [0.3, 0.4) is 0 Å². The number of rotatable bonds is 3. The highest BCUT2D eigenvalue weighted by Gasteiger charge is 2.80. The number of carbonyl (C=O) groups excluding carboxylic acids is 2. The molecule has 0 unspecified atom stereocenters. The van der Waals surface area contributed by atoms with Gasteiger partial charge in [-0.1, -0.05) is 19.4 Å². The second kappa shape index (κ2) is 7.27. The van der Waals surface area contributed by atoms with Gasteiger partial charge in [0, 0.05) is 6.42 Å². The van der Waals surface area contributed by atoms with E-state index in [0.717, 1.165) is 37.7 Å². The molecule has 4 fully saturated rings. The minimum absolute atomic E-state index is 0.0366. The number of aliphatic hydroxyl groups excluding tert-OH is 2. The average molecular weight is 471 g/mol. The van der Waals surface area contributed by atoms with Crippen molar-refractivity contribution in [1.82, 2.24) is 0 Å². The molecule has 3 saturated carbocycles. The molecule has 6 rings (SSSR count). The van der Waals surface area contributed by atoms with Crippen LogP contribution in [-0.2, 0) is 19.1 Å². The third kappa shape index (κ3) is 2.63. The standard InChI is InChI=1S/C28H38O6/c1-14-11-21(33-25(32)17(14)13-29)15(2)18-5-6-19-16-12-24-28(34-24)23(31)8-7-22(30)27(28,4)20(16)9-10-26(18,19)3/h7-8,15-16,18-21,23-24,29,31H,5-6,9-13H2,1-4H3/t15-,16+,18-,19+,20+,21-,23+,24-,26-,27+,28-/m1/s1. The average Bonchev–Trinajstić information content (AvgIpc) is 3.43. The number of fused-ring (bicyclic) bond motifs is 4. The van der Waals surface area contributed by atoms with Crippen LogP contribution < -0.4 is 0 Å². The van der Waals surface area contributed by atoms with Crippen molar-refractivity contribution in [3.8, 4) is 0 Å². The summed E-state index contributed by atoms with van der Waals surface area (Å²) in [5.41, 5.74) is 0.129. The fourth-order valence-electron chi connectivity index (χ4n) is 9.69. The Hall–Kier alpha value is -1.50. The zero-order valence-corrected chi connectivity index (χ0v) is 20.8. The van der Waals surface area contributed by atoms with Crippen LogP contribution in [0.4, 0.5) is 0 Å². The number of ketones is 1. The minimum atomic E-state index is -0.719. The normalized spacial score (nSPS) is 52.4. The molecule has 6 nitrogen and oxygen atoms in total. The molecule has 186 valence electrons. The van der Waals surface area contributed by atoms with Crippen LogP contribution in [0.15, 0.2) is 23.3 Å². The van der Waals surface area contributed by atoms with Crippen LogP contribution in [0.5, 0.6) is 0 Å². The van der Waals surface area contributed by atoms with Crippen LogP contribution >= 0.6 is 0 Å². The summed E-state index contributed by atoms with van der Waals surface area (Å²) in [6.45, 7) is 8.41. The minimum Gasteiger partial charge on any atom is -0.458 e. The summed E-state index contributed by atoms with van der Waals surface area (Å²) in [6, 6.07) is 0. The second-order valence-electron chi connectivity index (χ2n) is 12.5. The number of epoxide rings is 1. The van der Waals surface area contributed by atoms with E-state index in [0.29, 0.717) is 29.7 Å². The number of cyclic esters (lactones) is 1. The molecule has 2 heterocycles. The number of hydrogen-bond acceptors (Lipinski definition) is 6. The Morgan fingerprint density at radius 3 is 2.65 bits per heavy atom. The molecule has 34 heavy (non-hydrogen) atoms. The zero-order valence-electron chi connectivity index (χ0n) is 20.8. The van der Waals surface area contributed by atoms with Gasteiger partial charge in [0.25, 0.3) is 0 Å². The Balaban J connectivity index is 1.27. The fraction of sp³-hybridized carbons (Fsp3) is 0.786. The molecule has 11 atom stereocenters. The van der Waals surface area contributed by atoms with Gasteiger partial charge in [-0.25, -0.2) is 4.79 Å². The predicted molar refractivity (Wildman–Crippen MR) is 124 cm³/mol. The van der Waals surface area contributed by atoms with Crippen molar-refractivity contribution in [3.63, 3.8) is 0 Å². The maximum absolute atomic E-state index is 13.3. The first-order valence-corrected chi connectivity index (χ1v) is 13.2. The summed E-state index contributed by atoms with van der Waals surface area (Å²) in [6.07, 6.45) is 8.23. The predicted octanol–water partition coefficient (Wildman–Crippen LogP) is 3.35. The third-order valence-corrected chi connectivity index (χ3v) is 11.6.